The molecule has 0 amide bonds. The number of pyridine rings is 1. The van der Waals surface area contributed by atoms with Crippen molar-refractivity contribution in [3.05, 3.63) is 24.5 Å². The van der Waals surface area contributed by atoms with Gasteiger partial charge >= 0.3 is 5.97 Å². The van der Waals surface area contributed by atoms with E-state index in [0.717, 1.165) is 0 Å². The van der Waals surface area contributed by atoms with Crippen molar-refractivity contribution in [2.24, 2.45) is 5.92 Å². The summed E-state index contributed by atoms with van der Waals surface area (Å²) in [5.41, 5.74) is 0.439. The Bertz CT molecular complexity index is 752. The van der Waals surface area contributed by atoms with Gasteiger partial charge in [-0.3, -0.25) is 4.79 Å². The predicted molar refractivity (Wildman–Crippen MR) is 77.3 cm³/mol. The number of aromatic nitrogens is 2. The first kappa shape index (κ1) is 15.5. The Morgan fingerprint density at radius 1 is 1.48 bits per heavy atom. The van der Waals surface area contributed by atoms with Gasteiger partial charge in [-0.05, 0) is 24.5 Å². The Kier molecular flexibility index (Phi) is 4.29. The highest BCUT2D eigenvalue weighted by Crippen LogP contribution is 2.21. The molecular weight excluding hydrogens is 294 g/mol. The van der Waals surface area contributed by atoms with E-state index < -0.39 is 22.0 Å². The first-order valence-corrected chi connectivity index (χ1v) is 7.97. The summed E-state index contributed by atoms with van der Waals surface area (Å²) >= 11 is 0. The SMILES string of the molecule is CC(C)CC(NS(=O)(=O)c1c[nH]c2ncccc12)C(=O)O. The molecule has 2 rings (SSSR count). The zero-order valence-corrected chi connectivity index (χ0v) is 12.5. The lowest BCUT2D eigenvalue weighted by Crippen LogP contribution is -2.41. The highest BCUT2D eigenvalue weighted by molar-refractivity contribution is 7.89. The zero-order chi connectivity index (χ0) is 15.6. The van der Waals surface area contributed by atoms with Crippen LogP contribution in [0.4, 0.5) is 0 Å². The third-order valence-corrected chi connectivity index (χ3v) is 4.52. The fraction of sp³-hybridized carbons (Fsp3) is 0.385. The number of hydrogen-bond acceptors (Lipinski definition) is 4. The third kappa shape index (κ3) is 3.40. The van der Waals surface area contributed by atoms with Crippen LogP contribution < -0.4 is 4.72 Å². The van der Waals surface area contributed by atoms with Gasteiger partial charge in [-0.15, -0.1) is 0 Å². The Morgan fingerprint density at radius 2 is 2.19 bits per heavy atom. The molecule has 0 aliphatic rings. The third-order valence-electron chi connectivity index (χ3n) is 3.01. The lowest BCUT2D eigenvalue weighted by molar-refractivity contribution is -0.139. The molecule has 0 aliphatic heterocycles. The molecular formula is C13H17N3O4S. The number of nitrogens with zero attached hydrogens (tertiary/aromatic N) is 1. The monoisotopic (exact) mass is 311 g/mol. The molecule has 0 aromatic carbocycles. The van der Waals surface area contributed by atoms with Crippen molar-refractivity contribution >= 4 is 27.0 Å². The van der Waals surface area contributed by atoms with Gasteiger partial charge in [0.2, 0.25) is 10.0 Å². The molecule has 7 nitrogen and oxygen atoms in total. The minimum Gasteiger partial charge on any atom is -0.480 e. The van der Waals surface area contributed by atoms with Crippen LogP contribution in [0.15, 0.2) is 29.4 Å². The number of carboxylic acid groups (broad SMARTS) is 1. The normalized spacial score (nSPS) is 13.7. The summed E-state index contributed by atoms with van der Waals surface area (Å²) in [7, 11) is -3.94. The van der Waals surface area contributed by atoms with E-state index in [1.54, 1.807) is 18.3 Å². The van der Waals surface area contributed by atoms with Crippen molar-refractivity contribution in [3.63, 3.8) is 0 Å². The topological polar surface area (TPSA) is 112 Å². The largest absolute Gasteiger partial charge is 0.480 e. The second-order valence-corrected chi connectivity index (χ2v) is 6.88. The Labute approximate surface area is 122 Å². The highest BCUT2D eigenvalue weighted by Gasteiger charge is 2.27. The summed E-state index contributed by atoms with van der Waals surface area (Å²) in [6, 6.07) is 2.08. The van der Waals surface area contributed by atoms with E-state index in [-0.39, 0.29) is 17.2 Å². The molecule has 114 valence electrons. The molecule has 8 heteroatoms. The molecule has 1 unspecified atom stereocenters. The maximum absolute atomic E-state index is 12.4. The summed E-state index contributed by atoms with van der Waals surface area (Å²) in [5.74, 6) is -1.14. The van der Waals surface area contributed by atoms with E-state index in [4.69, 9.17) is 5.11 Å². The molecule has 0 bridgehead atoms. The number of hydrogen-bond donors (Lipinski definition) is 3. The molecule has 0 aliphatic carbocycles. The maximum Gasteiger partial charge on any atom is 0.321 e. The number of carboxylic acids is 1. The number of aliphatic carboxylic acids is 1. The zero-order valence-electron chi connectivity index (χ0n) is 11.7. The fourth-order valence-corrected chi connectivity index (χ4v) is 3.44. The van der Waals surface area contributed by atoms with Crippen molar-refractivity contribution in [1.29, 1.82) is 0 Å². The van der Waals surface area contributed by atoms with Crippen LogP contribution in [0.1, 0.15) is 20.3 Å². The fourth-order valence-electron chi connectivity index (χ4n) is 2.07. The van der Waals surface area contributed by atoms with E-state index in [1.807, 2.05) is 13.8 Å². The van der Waals surface area contributed by atoms with Crippen LogP contribution in [0.3, 0.4) is 0 Å². The van der Waals surface area contributed by atoms with Crippen molar-refractivity contribution in [2.75, 3.05) is 0 Å². The van der Waals surface area contributed by atoms with Gasteiger partial charge in [-0.2, -0.15) is 4.72 Å². The first-order valence-electron chi connectivity index (χ1n) is 6.48. The summed E-state index contributed by atoms with van der Waals surface area (Å²) in [6.07, 6.45) is 3.07. The van der Waals surface area contributed by atoms with E-state index >= 15 is 0 Å². The number of sulfonamides is 1. The van der Waals surface area contributed by atoms with E-state index in [2.05, 4.69) is 14.7 Å². The molecule has 21 heavy (non-hydrogen) atoms. The smallest absolute Gasteiger partial charge is 0.321 e. The Morgan fingerprint density at radius 3 is 2.81 bits per heavy atom. The van der Waals surface area contributed by atoms with Crippen molar-refractivity contribution in [3.8, 4) is 0 Å². The lowest BCUT2D eigenvalue weighted by Gasteiger charge is -2.16. The van der Waals surface area contributed by atoms with Crippen LogP contribution in [0.5, 0.6) is 0 Å². The van der Waals surface area contributed by atoms with Gasteiger partial charge in [0, 0.05) is 17.8 Å². The van der Waals surface area contributed by atoms with Crippen LogP contribution in [0.2, 0.25) is 0 Å². The average Bonchev–Trinajstić information content (AvgIpc) is 2.81. The van der Waals surface area contributed by atoms with Crippen molar-refractivity contribution < 1.29 is 18.3 Å². The van der Waals surface area contributed by atoms with Gasteiger partial charge < -0.3 is 10.1 Å². The summed E-state index contributed by atoms with van der Waals surface area (Å²) in [5, 5.41) is 9.58. The van der Waals surface area contributed by atoms with Gasteiger partial charge in [0.25, 0.3) is 0 Å². The number of carbonyl (C=O) groups is 1. The van der Waals surface area contributed by atoms with Crippen LogP contribution in [-0.2, 0) is 14.8 Å². The molecule has 2 aromatic heterocycles. The number of nitrogens with one attached hydrogen (secondary N) is 2. The molecule has 0 fully saturated rings. The number of fused-ring (bicyclic) bond motifs is 1. The minimum atomic E-state index is -3.94. The first-order chi connectivity index (χ1) is 9.81. The lowest BCUT2D eigenvalue weighted by atomic mass is 10.1. The van der Waals surface area contributed by atoms with Gasteiger partial charge in [0.1, 0.15) is 16.6 Å². The molecule has 2 heterocycles. The number of aromatic amines is 1. The average molecular weight is 311 g/mol. The molecule has 0 saturated heterocycles. The number of H-pyrrole nitrogens is 1. The summed E-state index contributed by atoms with van der Waals surface area (Å²) in [6.45, 7) is 3.67. The summed E-state index contributed by atoms with van der Waals surface area (Å²) < 4.78 is 27.0. The van der Waals surface area contributed by atoms with Crippen LogP contribution in [-0.4, -0.2) is 35.5 Å². The summed E-state index contributed by atoms with van der Waals surface area (Å²) in [4.78, 5) is 18.0. The number of rotatable bonds is 6. The molecule has 1 atom stereocenters. The van der Waals surface area contributed by atoms with E-state index in [1.165, 1.54) is 6.20 Å². The molecule has 0 spiro atoms. The minimum absolute atomic E-state index is 0.000561. The van der Waals surface area contributed by atoms with Crippen molar-refractivity contribution in [1.82, 2.24) is 14.7 Å². The van der Waals surface area contributed by atoms with E-state index in [9.17, 15) is 13.2 Å². The van der Waals surface area contributed by atoms with Gasteiger partial charge in [-0.25, -0.2) is 13.4 Å². The maximum atomic E-state index is 12.4. The van der Waals surface area contributed by atoms with Crippen LogP contribution in [0.25, 0.3) is 11.0 Å². The molecule has 0 saturated carbocycles. The second kappa shape index (κ2) is 5.82. The quantitative estimate of drug-likeness (QED) is 0.745. The second-order valence-electron chi connectivity index (χ2n) is 5.19. The Balaban J connectivity index is 2.35. The van der Waals surface area contributed by atoms with Gasteiger partial charge in [-0.1, -0.05) is 13.8 Å². The predicted octanol–water partition coefficient (Wildman–Crippen LogP) is 1.34. The molecule has 3 N–H and O–H groups in total. The molecule has 0 radical (unpaired) electrons. The van der Waals surface area contributed by atoms with Crippen molar-refractivity contribution in [2.45, 2.75) is 31.2 Å². The molecule has 2 aromatic rings. The van der Waals surface area contributed by atoms with E-state index in [0.29, 0.717) is 11.0 Å². The Hall–Kier alpha value is -1.93. The van der Waals surface area contributed by atoms with Gasteiger partial charge in [0.05, 0.1) is 0 Å². The highest BCUT2D eigenvalue weighted by atomic mass is 32.2. The van der Waals surface area contributed by atoms with Crippen LogP contribution >= 0.6 is 0 Å². The van der Waals surface area contributed by atoms with Crippen LogP contribution in [0, 0.1) is 5.92 Å². The van der Waals surface area contributed by atoms with Gasteiger partial charge in [0.15, 0.2) is 0 Å². The standard InChI is InChI=1S/C13H17N3O4S/c1-8(2)6-10(13(17)18)16-21(19,20)11-7-15-12-9(11)4-3-5-14-12/h3-5,7-8,10,16H,6H2,1-2H3,(H,14,15)(H,17,18).